The van der Waals surface area contributed by atoms with Crippen molar-refractivity contribution in [1.29, 1.82) is 0 Å². The molecule has 2 fully saturated rings. The fourth-order valence-electron chi connectivity index (χ4n) is 4.69. The second-order valence-electron chi connectivity index (χ2n) is 7.80. The summed E-state index contributed by atoms with van der Waals surface area (Å²) < 4.78 is 0. The van der Waals surface area contributed by atoms with Crippen LogP contribution in [-0.4, -0.2) is 21.9 Å². The van der Waals surface area contributed by atoms with Gasteiger partial charge in [0.25, 0.3) is 0 Å². The fraction of sp³-hybridized carbons (Fsp3) is 0.889. The van der Waals surface area contributed by atoms with E-state index in [1.165, 1.54) is 19.3 Å². The van der Waals surface area contributed by atoms with Crippen LogP contribution >= 0.6 is 0 Å². The largest absolute Gasteiger partial charge is 0.393 e. The van der Waals surface area contributed by atoms with E-state index in [1.807, 2.05) is 0 Å². The molecule has 2 N–H and O–H groups in total. The molecule has 0 radical (unpaired) electrons. The lowest BCUT2D eigenvalue weighted by atomic mass is 9.61. The lowest BCUT2D eigenvalue weighted by Gasteiger charge is -2.45. The number of rotatable bonds is 2. The molecule has 5 atom stereocenters. The summed E-state index contributed by atoms with van der Waals surface area (Å²) in [5, 5.41) is 19.9. The normalized spacial score (nSPS) is 38.8. The summed E-state index contributed by atoms with van der Waals surface area (Å²) in [4.78, 5) is 0. The third-order valence-corrected chi connectivity index (χ3v) is 5.67. The monoisotopic (exact) mass is 278 g/mol. The van der Waals surface area contributed by atoms with E-state index in [0.717, 1.165) is 19.3 Å². The first-order valence-corrected chi connectivity index (χ1v) is 8.14. The molecule has 0 saturated heterocycles. The quantitative estimate of drug-likeness (QED) is 0.760. The molecular formula is C18H30O2. The molecule has 0 spiro atoms. The van der Waals surface area contributed by atoms with E-state index in [2.05, 4.69) is 25.7 Å². The van der Waals surface area contributed by atoms with Crippen molar-refractivity contribution in [1.82, 2.24) is 0 Å². The smallest absolute Gasteiger partial charge is 0.119 e. The zero-order valence-electron chi connectivity index (χ0n) is 13.4. The van der Waals surface area contributed by atoms with Crippen molar-refractivity contribution in [3.05, 3.63) is 0 Å². The summed E-state index contributed by atoms with van der Waals surface area (Å²) >= 11 is 0. The van der Waals surface area contributed by atoms with E-state index in [4.69, 9.17) is 0 Å². The Kier molecular flexibility index (Phi) is 4.52. The first-order chi connectivity index (χ1) is 9.24. The molecule has 0 aromatic carbocycles. The molecule has 5 unspecified atom stereocenters. The van der Waals surface area contributed by atoms with Crippen molar-refractivity contribution >= 4 is 0 Å². The summed E-state index contributed by atoms with van der Waals surface area (Å²) in [5.41, 5.74) is -0.587. The van der Waals surface area contributed by atoms with Crippen LogP contribution < -0.4 is 0 Å². The second kappa shape index (κ2) is 5.70. The van der Waals surface area contributed by atoms with Gasteiger partial charge in [0.15, 0.2) is 0 Å². The predicted octanol–water partition coefficient (Wildman–Crippen LogP) is 3.36. The molecule has 0 bridgehead atoms. The zero-order valence-corrected chi connectivity index (χ0v) is 13.4. The van der Waals surface area contributed by atoms with Crippen LogP contribution in [-0.2, 0) is 0 Å². The Labute approximate surface area is 124 Å². The van der Waals surface area contributed by atoms with Crippen LogP contribution in [0.2, 0.25) is 0 Å². The lowest BCUT2D eigenvalue weighted by Crippen LogP contribution is -2.41. The minimum absolute atomic E-state index is 0.0894. The van der Waals surface area contributed by atoms with E-state index >= 15 is 0 Å². The third kappa shape index (κ3) is 3.21. The van der Waals surface area contributed by atoms with Gasteiger partial charge in [-0.15, -0.1) is 5.92 Å². The summed E-state index contributed by atoms with van der Waals surface area (Å²) in [6.45, 7) is 8.14. The van der Waals surface area contributed by atoms with Crippen LogP contribution in [0.1, 0.15) is 66.2 Å². The molecule has 2 rings (SSSR count). The SMILES string of the molecule is CC(CC#CC(C)(C)O)C1CCC2C(O)CCCC12C. The molecule has 114 valence electrons. The Morgan fingerprint density at radius 1 is 1.30 bits per heavy atom. The predicted molar refractivity (Wildman–Crippen MR) is 82.0 cm³/mol. The van der Waals surface area contributed by atoms with Gasteiger partial charge in [0.1, 0.15) is 5.60 Å². The van der Waals surface area contributed by atoms with Crippen LogP contribution in [0.5, 0.6) is 0 Å². The average molecular weight is 278 g/mol. The fourth-order valence-corrected chi connectivity index (χ4v) is 4.69. The minimum atomic E-state index is -0.886. The molecule has 2 nitrogen and oxygen atoms in total. The third-order valence-electron chi connectivity index (χ3n) is 5.67. The molecule has 0 aromatic rings. The Hall–Kier alpha value is -0.520. The van der Waals surface area contributed by atoms with Crippen molar-refractivity contribution < 1.29 is 10.2 Å². The highest BCUT2D eigenvalue weighted by atomic mass is 16.3. The summed E-state index contributed by atoms with van der Waals surface area (Å²) in [6, 6.07) is 0. The molecule has 0 aliphatic heterocycles. The maximum absolute atomic E-state index is 10.3. The number of aliphatic hydroxyl groups is 2. The molecule has 2 heteroatoms. The summed E-state index contributed by atoms with van der Waals surface area (Å²) in [6.07, 6.45) is 6.56. The second-order valence-corrected chi connectivity index (χ2v) is 7.80. The molecule has 0 heterocycles. The molecule has 20 heavy (non-hydrogen) atoms. The molecule has 0 aromatic heterocycles. The van der Waals surface area contributed by atoms with Crippen LogP contribution in [0.15, 0.2) is 0 Å². The highest BCUT2D eigenvalue weighted by Gasteiger charge is 2.51. The Bertz CT molecular complexity index is 398. The van der Waals surface area contributed by atoms with Crippen molar-refractivity contribution in [3.63, 3.8) is 0 Å². The maximum Gasteiger partial charge on any atom is 0.119 e. The Morgan fingerprint density at radius 2 is 2.00 bits per heavy atom. The van der Waals surface area contributed by atoms with Gasteiger partial charge in [-0.3, -0.25) is 0 Å². The van der Waals surface area contributed by atoms with E-state index in [0.29, 0.717) is 23.2 Å². The Balaban J connectivity index is 2.03. The van der Waals surface area contributed by atoms with Gasteiger partial charge in [-0.05, 0) is 62.7 Å². The topological polar surface area (TPSA) is 40.5 Å². The van der Waals surface area contributed by atoms with Gasteiger partial charge in [0.2, 0.25) is 0 Å². The number of hydrogen-bond acceptors (Lipinski definition) is 2. The van der Waals surface area contributed by atoms with Crippen molar-refractivity contribution in [2.24, 2.45) is 23.2 Å². The van der Waals surface area contributed by atoms with Crippen LogP contribution in [0.4, 0.5) is 0 Å². The van der Waals surface area contributed by atoms with E-state index in [9.17, 15) is 10.2 Å². The number of fused-ring (bicyclic) bond motifs is 1. The molecule has 0 amide bonds. The van der Waals surface area contributed by atoms with E-state index in [1.54, 1.807) is 13.8 Å². The van der Waals surface area contributed by atoms with Crippen molar-refractivity contribution in [2.45, 2.75) is 77.9 Å². The average Bonchev–Trinajstić information content (AvgIpc) is 2.66. The first-order valence-electron chi connectivity index (χ1n) is 8.14. The van der Waals surface area contributed by atoms with Crippen molar-refractivity contribution in [2.75, 3.05) is 0 Å². The number of aliphatic hydroxyl groups excluding tert-OH is 1. The van der Waals surface area contributed by atoms with E-state index < -0.39 is 5.60 Å². The molecule has 2 aliphatic rings. The number of hydrogen-bond donors (Lipinski definition) is 2. The van der Waals surface area contributed by atoms with E-state index in [-0.39, 0.29) is 6.10 Å². The molecule has 2 saturated carbocycles. The van der Waals surface area contributed by atoms with Gasteiger partial charge in [0.05, 0.1) is 6.10 Å². The van der Waals surface area contributed by atoms with Gasteiger partial charge in [-0.2, -0.15) is 0 Å². The van der Waals surface area contributed by atoms with Crippen molar-refractivity contribution in [3.8, 4) is 11.8 Å². The van der Waals surface area contributed by atoms with Gasteiger partial charge >= 0.3 is 0 Å². The molecular weight excluding hydrogens is 248 g/mol. The van der Waals surface area contributed by atoms with Gasteiger partial charge in [-0.25, -0.2) is 0 Å². The highest BCUT2D eigenvalue weighted by molar-refractivity contribution is 5.11. The molecule has 2 aliphatic carbocycles. The highest BCUT2D eigenvalue weighted by Crippen LogP contribution is 2.58. The van der Waals surface area contributed by atoms with Crippen LogP contribution in [0, 0.1) is 35.0 Å². The van der Waals surface area contributed by atoms with Gasteiger partial charge in [-0.1, -0.05) is 26.2 Å². The standard InChI is InChI=1S/C18H30O2/c1-13(7-5-11-17(2,3)20)14-9-10-15-16(19)8-6-12-18(14,15)4/h13-16,19-20H,6-10,12H2,1-4H3. The summed E-state index contributed by atoms with van der Waals surface area (Å²) in [5.74, 6) is 7.79. The zero-order chi connectivity index (χ0) is 15.0. The maximum atomic E-state index is 10.3. The lowest BCUT2D eigenvalue weighted by molar-refractivity contribution is -0.0264. The van der Waals surface area contributed by atoms with Crippen LogP contribution in [0.25, 0.3) is 0 Å². The Morgan fingerprint density at radius 3 is 2.65 bits per heavy atom. The van der Waals surface area contributed by atoms with Gasteiger partial charge < -0.3 is 10.2 Å². The first kappa shape index (κ1) is 15.9. The minimum Gasteiger partial charge on any atom is -0.393 e. The van der Waals surface area contributed by atoms with Gasteiger partial charge in [0, 0.05) is 6.42 Å². The summed E-state index contributed by atoms with van der Waals surface area (Å²) in [7, 11) is 0. The van der Waals surface area contributed by atoms with Crippen LogP contribution in [0.3, 0.4) is 0 Å².